The minimum atomic E-state index is -0.990. The number of amides is 2. The molecule has 3 rings (SSSR count). The molecule has 2 aliphatic heterocycles. The first-order valence-corrected chi connectivity index (χ1v) is 17.5. The van der Waals surface area contributed by atoms with Gasteiger partial charge in [0.15, 0.2) is 11.9 Å². The summed E-state index contributed by atoms with van der Waals surface area (Å²) in [5, 5.41) is 22.3. The number of primary amides is 1. The van der Waals surface area contributed by atoms with E-state index in [0.29, 0.717) is 41.0 Å². The van der Waals surface area contributed by atoms with Gasteiger partial charge in [-0.1, -0.05) is 43.3 Å². The van der Waals surface area contributed by atoms with E-state index in [2.05, 4.69) is 22.7 Å². The van der Waals surface area contributed by atoms with Crippen LogP contribution in [0.25, 0.3) is 0 Å². The van der Waals surface area contributed by atoms with Crippen molar-refractivity contribution >= 4 is 35.3 Å². The summed E-state index contributed by atoms with van der Waals surface area (Å²) >= 11 is 1.83. The molecule has 1 saturated heterocycles. The van der Waals surface area contributed by atoms with Gasteiger partial charge in [0, 0.05) is 48.5 Å². The standard InChI is InChI=1S/C35H52N4O9S/c1-19-14-24-31(41)25(17-26(33(24)46-8)39-47-13-12-29-23(5)37-18-49-29)38-34(42)20(2)10-9-11-27(44-6)32(48-35(36)43)22(4)16-21(3)30(40)28(15-19)45-7/h9-11,16-17,19,21,23,27-30,32,37,40H,12-15,18H2,1-8H3,(H2,36,43)(H,38,42)/b11-9-,20-10+,22-16+,39-26-/t19-,21+,23?,27+,28+,29?,30-,32+/m1/s1. The number of nitrogens with two attached hydrogens (primary N) is 1. The van der Waals surface area contributed by atoms with Gasteiger partial charge >= 0.3 is 6.09 Å². The number of fused-ring (bicyclic) bond motifs is 2. The number of carbonyl (C=O) groups excluding carboxylic acids is 3. The van der Waals surface area contributed by atoms with Gasteiger partial charge in [0.1, 0.15) is 18.4 Å². The molecule has 2 amide bonds. The molecule has 0 saturated carbocycles. The predicted molar refractivity (Wildman–Crippen MR) is 188 cm³/mol. The third-order valence-electron chi connectivity index (χ3n) is 8.88. The van der Waals surface area contributed by atoms with Crippen molar-refractivity contribution in [3.8, 4) is 0 Å². The summed E-state index contributed by atoms with van der Waals surface area (Å²) in [4.78, 5) is 44.8. The van der Waals surface area contributed by atoms with Crippen LogP contribution in [-0.2, 0) is 33.4 Å². The molecule has 0 spiro atoms. The zero-order valence-electron chi connectivity index (χ0n) is 29.7. The minimum absolute atomic E-state index is 0.0237. The van der Waals surface area contributed by atoms with Crippen molar-refractivity contribution in [2.75, 3.05) is 33.8 Å². The Bertz CT molecular complexity index is 1390. The number of nitrogens with one attached hydrogen (secondary N) is 2. The van der Waals surface area contributed by atoms with E-state index in [9.17, 15) is 19.5 Å². The fourth-order valence-electron chi connectivity index (χ4n) is 6.05. The Morgan fingerprint density at radius 2 is 1.88 bits per heavy atom. The minimum Gasteiger partial charge on any atom is -0.494 e. The summed E-state index contributed by atoms with van der Waals surface area (Å²) in [5.74, 6) is -0.380. The number of aliphatic hydroxyl groups excluding tert-OH is 1. The van der Waals surface area contributed by atoms with Crippen LogP contribution in [-0.4, -0.2) is 98.1 Å². The lowest BCUT2D eigenvalue weighted by Gasteiger charge is -2.30. The maximum Gasteiger partial charge on any atom is 0.405 e. The number of aliphatic hydroxyl groups is 1. The van der Waals surface area contributed by atoms with E-state index in [-0.39, 0.29) is 29.5 Å². The summed E-state index contributed by atoms with van der Waals surface area (Å²) in [6, 6.07) is 0.366. The van der Waals surface area contributed by atoms with Crippen molar-refractivity contribution in [2.24, 2.45) is 22.7 Å². The van der Waals surface area contributed by atoms with Gasteiger partial charge in [-0.25, -0.2) is 4.79 Å². The van der Waals surface area contributed by atoms with Crippen LogP contribution in [0.2, 0.25) is 0 Å². The number of hydrogen-bond acceptors (Lipinski definition) is 12. The predicted octanol–water partition coefficient (Wildman–Crippen LogP) is 3.65. The summed E-state index contributed by atoms with van der Waals surface area (Å²) < 4.78 is 22.5. The van der Waals surface area contributed by atoms with Crippen LogP contribution >= 0.6 is 11.8 Å². The van der Waals surface area contributed by atoms with Gasteiger partial charge in [0.2, 0.25) is 5.78 Å². The second kappa shape index (κ2) is 19.1. The molecule has 3 aliphatic rings. The third kappa shape index (κ3) is 11.0. The maximum absolute atomic E-state index is 13.9. The number of Topliss-reactive ketones (excluding diaryl/α,β-unsaturated/α-hetero) is 1. The Morgan fingerprint density at radius 3 is 2.49 bits per heavy atom. The molecule has 0 aromatic carbocycles. The number of rotatable bonds is 8. The van der Waals surface area contributed by atoms with Crippen LogP contribution < -0.4 is 16.4 Å². The SMILES string of the molecule is COC1=C2C[C@@H](C)C[C@H](OC)[C@H](O)[C@@H](C)/C=C(\C)[C@H](OC(N)=O)[C@@H](OC)/C=C\C=C(/C)C(=O)NC(=C/C1=N/OCCC1SCNC1C)C2=O. The molecular formula is C35H52N4O9S. The van der Waals surface area contributed by atoms with Crippen molar-refractivity contribution in [1.82, 2.24) is 10.6 Å². The van der Waals surface area contributed by atoms with Crippen molar-refractivity contribution < 1.29 is 43.3 Å². The number of nitrogens with zero attached hydrogens (tertiary/aromatic N) is 1. The number of ether oxygens (including phenoxy) is 4. The van der Waals surface area contributed by atoms with Gasteiger partial charge < -0.3 is 45.3 Å². The quantitative estimate of drug-likeness (QED) is 0.125. The van der Waals surface area contributed by atoms with E-state index in [1.165, 1.54) is 27.4 Å². The fourth-order valence-corrected chi connectivity index (χ4v) is 7.27. The normalized spacial score (nSPS) is 34.3. The van der Waals surface area contributed by atoms with Crippen LogP contribution in [0.3, 0.4) is 0 Å². The first-order valence-electron chi connectivity index (χ1n) is 16.4. The van der Waals surface area contributed by atoms with Gasteiger partial charge in [-0.15, -0.1) is 11.8 Å². The zero-order chi connectivity index (χ0) is 36.2. The number of carbonyl (C=O) groups is 3. The van der Waals surface area contributed by atoms with Gasteiger partial charge in [0.25, 0.3) is 5.91 Å². The molecule has 1 aliphatic carbocycles. The lowest BCUT2D eigenvalue weighted by atomic mass is 9.85. The number of allylic oxidation sites excluding steroid dienone is 4. The molecule has 5 N–H and O–H groups in total. The summed E-state index contributed by atoms with van der Waals surface area (Å²) in [6.45, 7) is 9.62. The molecule has 1 fully saturated rings. The molecule has 2 heterocycles. The van der Waals surface area contributed by atoms with E-state index in [1.807, 2.05) is 25.6 Å². The molecule has 8 atom stereocenters. The number of methoxy groups -OCH3 is 3. The molecule has 2 bridgehead atoms. The highest BCUT2D eigenvalue weighted by molar-refractivity contribution is 8.00. The Hall–Kier alpha value is -3.43. The first kappa shape index (κ1) is 40.0. The van der Waals surface area contributed by atoms with Gasteiger partial charge in [-0.3, -0.25) is 9.59 Å². The van der Waals surface area contributed by atoms with Crippen LogP contribution in [0.4, 0.5) is 4.79 Å². The van der Waals surface area contributed by atoms with E-state index < -0.39 is 48.1 Å². The highest BCUT2D eigenvalue weighted by Gasteiger charge is 2.34. The zero-order valence-corrected chi connectivity index (χ0v) is 30.5. The van der Waals surface area contributed by atoms with Crippen molar-refractivity contribution in [2.45, 2.75) is 89.6 Å². The Balaban J connectivity index is 2.04. The molecule has 13 nitrogen and oxygen atoms in total. The lowest BCUT2D eigenvalue weighted by molar-refractivity contribution is -0.119. The topological polar surface area (TPSA) is 180 Å². The highest BCUT2D eigenvalue weighted by atomic mass is 32.2. The molecule has 272 valence electrons. The number of oxime groups is 1. The van der Waals surface area contributed by atoms with Gasteiger partial charge in [-0.05, 0) is 57.6 Å². The summed E-state index contributed by atoms with van der Waals surface area (Å²) in [7, 11) is 4.43. The lowest BCUT2D eigenvalue weighted by Crippen LogP contribution is -2.37. The first-order chi connectivity index (χ1) is 23.3. The molecule has 2 unspecified atom stereocenters. The highest BCUT2D eigenvalue weighted by Crippen LogP contribution is 2.30. The van der Waals surface area contributed by atoms with E-state index in [4.69, 9.17) is 29.5 Å². The second-order valence-electron chi connectivity index (χ2n) is 12.7. The van der Waals surface area contributed by atoms with Crippen molar-refractivity contribution in [1.29, 1.82) is 0 Å². The van der Waals surface area contributed by atoms with Gasteiger partial charge in [-0.2, -0.15) is 0 Å². The van der Waals surface area contributed by atoms with E-state index >= 15 is 0 Å². The second-order valence-corrected chi connectivity index (χ2v) is 13.9. The number of hydrogen-bond donors (Lipinski definition) is 4. The van der Waals surface area contributed by atoms with Crippen LogP contribution in [0.15, 0.2) is 63.7 Å². The third-order valence-corrected chi connectivity index (χ3v) is 10.3. The van der Waals surface area contributed by atoms with Crippen LogP contribution in [0, 0.1) is 11.8 Å². The molecule has 0 aromatic heterocycles. The van der Waals surface area contributed by atoms with E-state index in [0.717, 1.165) is 12.3 Å². The smallest absolute Gasteiger partial charge is 0.405 e. The summed E-state index contributed by atoms with van der Waals surface area (Å²) in [6.07, 6.45) is 5.19. The number of ketones is 1. The average molecular weight is 705 g/mol. The van der Waals surface area contributed by atoms with Crippen molar-refractivity contribution in [3.63, 3.8) is 0 Å². The monoisotopic (exact) mass is 704 g/mol. The fraction of sp³-hybridized carbons (Fsp3) is 0.600. The molecule has 14 heteroatoms. The molecular weight excluding hydrogens is 652 g/mol. The Morgan fingerprint density at radius 1 is 1.14 bits per heavy atom. The largest absolute Gasteiger partial charge is 0.494 e. The molecule has 0 aromatic rings. The molecule has 49 heavy (non-hydrogen) atoms. The van der Waals surface area contributed by atoms with Crippen LogP contribution in [0.5, 0.6) is 0 Å². The summed E-state index contributed by atoms with van der Waals surface area (Å²) in [5.41, 5.74) is 6.90. The van der Waals surface area contributed by atoms with Crippen molar-refractivity contribution in [3.05, 3.63) is 58.6 Å². The maximum atomic E-state index is 13.9. The molecule has 0 radical (unpaired) electrons. The Kier molecular flexibility index (Phi) is 15.6. The average Bonchev–Trinajstić information content (AvgIpc) is 3.47. The van der Waals surface area contributed by atoms with Gasteiger partial charge in [0.05, 0.1) is 25.0 Å². The Labute approximate surface area is 293 Å². The number of thioether (sulfide) groups is 1. The van der Waals surface area contributed by atoms with E-state index in [1.54, 1.807) is 38.2 Å². The van der Waals surface area contributed by atoms with Crippen LogP contribution in [0.1, 0.15) is 53.9 Å².